The first-order valence-corrected chi connectivity index (χ1v) is 7.16. The minimum Gasteiger partial charge on any atom is -0.469 e. The number of carbonyl (C=O) groups excluding carboxylic acids is 1. The summed E-state index contributed by atoms with van der Waals surface area (Å²) < 4.78 is 36.9. The molecule has 8 heteroatoms. The molecular formula is C10H20N2O5S. The van der Waals surface area contributed by atoms with Crippen molar-refractivity contribution in [2.24, 2.45) is 0 Å². The van der Waals surface area contributed by atoms with Crippen molar-refractivity contribution < 1.29 is 22.7 Å². The Morgan fingerprint density at radius 1 is 1.39 bits per heavy atom. The van der Waals surface area contributed by atoms with E-state index in [1.54, 1.807) is 7.11 Å². The van der Waals surface area contributed by atoms with Crippen LogP contribution in [-0.2, 0) is 24.5 Å². The first-order valence-electron chi connectivity index (χ1n) is 5.72. The number of nitrogens with one attached hydrogen (secondary N) is 1. The van der Waals surface area contributed by atoms with Crippen LogP contribution in [0.1, 0.15) is 19.3 Å². The second kappa shape index (κ2) is 6.46. The second-order valence-corrected chi connectivity index (χ2v) is 6.11. The maximum atomic E-state index is 11.9. The largest absolute Gasteiger partial charge is 0.469 e. The van der Waals surface area contributed by atoms with E-state index in [0.29, 0.717) is 12.8 Å². The molecule has 0 saturated heterocycles. The molecule has 1 aliphatic rings. The van der Waals surface area contributed by atoms with Gasteiger partial charge in [-0.05, 0) is 12.8 Å². The van der Waals surface area contributed by atoms with Crippen LogP contribution in [0.15, 0.2) is 0 Å². The summed E-state index contributed by atoms with van der Waals surface area (Å²) in [5.74, 6) is -0.430. The number of hydrogen-bond donors (Lipinski definition) is 1. The highest BCUT2D eigenvalue weighted by Crippen LogP contribution is 2.23. The van der Waals surface area contributed by atoms with Crippen LogP contribution < -0.4 is 4.72 Å². The highest BCUT2D eigenvalue weighted by Gasteiger charge is 2.33. The van der Waals surface area contributed by atoms with Crippen molar-refractivity contribution in [1.82, 2.24) is 9.03 Å². The Morgan fingerprint density at radius 2 is 2.00 bits per heavy atom. The first kappa shape index (κ1) is 15.4. The number of rotatable bonds is 7. The molecule has 0 heterocycles. The van der Waals surface area contributed by atoms with Crippen molar-refractivity contribution in [2.45, 2.75) is 31.4 Å². The van der Waals surface area contributed by atoms with Crippen LogP contribution in [0.25, 0.3) is 0 Å². The lowest BCUT2D eigenvalue weighted by Gasteiger charge is -2.35. The molecule has 0 amide bonds. The van der Waals surface area contributed by atoms with Crippen molar-refractivity contribution >= 4 is 16.2 Å². The molecule has 18 heavy (non-hydrogen) atoms. The number of esters is 1. The molecule has 106 valence electrons. The maximum absolute atomic E-state index is 11.9. The minimum atomic E-state index is -3.54. The fourth-order valence-electron chi connectivity index (χ4n) is 1.63. The monoisotopic (exact) mass is 280 g/mol. The highest BCUT2D eigenvalue weighted by molar-refractivity contribution is 7.87. The zero-order valence-corrected chi connectivity index (χ0v) is 11.7. The molecule has 1 aliphatic carbocycles. The van der Waals surface area contributed by atoms with Crippen LogP contribution in [0.4, 0.5) is 0 Å². The summed E-state index contributed by atoms with van der Waals surface area (Å²) >= 11 is 0. The van der Waals surface area contributed by atoms with Gasteiger partial charge in [-0.15, -0.1) is 0 Å². The van der Waals surface area contributed by atoms with E-state index in [0.717, 1.165) is 4.31 Å². The summed E-state index contributed by atoms with van der Waals surface area (Å²) in [6.07, 6.45) is 1.54. The molecule has 0 bridgehead atoms. The van der Waals surface area contributed by atoms with Gasteiger partial charge in [-0.2, -0.15) is 17.4 Å². The smallest absolute Gasteiger partial charge is 0.306 e. The standard InChI is InChI=1S/C10H20N2O5S/c1-12(5-4-10(13)17-3)18(14,15)11-8-6-9(7-8)16-2/h8-9,11H,4-7H2,1-3H3. The molecule has 0 radical (unpaired) electrons. The van der Waals surface area contributed by atoms with Crippen molar-refractivity contribution in [2.75, 3.05) is 27.8 Å². The van der Waals surface area contributed by atoms with Gasteiger partial charge in [-0.1, -0.05) is 0 Å². The van der Waals surface area contributed by atoms with Gasteiger partial charge in [0, 0.05) is 26.7 Å². The zero-order valence-electron chi connectivity index (χ0n) is 10.9. The summed E-state index contributed by atoms with van der Waals surface area (Å²) in [4.78, 5) is 10.9. The Labute approximate surface area is 108 Å². The Hall–Kier alpha value is -0.700. The van der Waals surface area contributed by atoms with Crippen molar-refractivity contribution in [1.29, 1.82) is 0 Å². The second-order valence-electron chi connectivity index (χ2n) is 4.30. The predicted molar refractivity (Wildman–Crippen MR) is 65.1 cm³/mol. The number of ether oxygens (including phenoxy) is 2. The van der Waals surface area contributed by atoms with E-state index >= 15 is 0 Å². The lowest BCUT2D eigenvalue weighted by Crippen LogP contribution is -2.51. The third-order valence-corrected chi connectivity index (χ3v) is 4.65. The molecular weight excluding hydrogens is 260 g/mol. The van der Waals surface area contributed by atoms with Crippen molar-refractivity contribution in [3.05, 3.63) is 0 Å². The van der Waals surface area contributed by atoms with Crippen molar-refractivity contribution in [3.63, 3.8) is 0 Å². The average molecular weight is 280 g/mol. The molecule has 0 spiro atoms. The molecule has 1 rings (SSSR count). The Bertz CT molecular complexity index is 378. The summed E-state index contributed by atoms with van der Waals surface area (Å²) in [6, 6.07) is -0.0828. The van der Waals surface area contributed by atoms with Gasteiger partial charge in [-0.25, -0.2) is 0 Å². The van der Waals surface area contributed by atoms with Gasteiger partial charge in [0.05, 0.1) is 19.6 Å². The lowest BCUT2D eigenvalue weighted by molar-refractivity contribution is -0.140. The normalized spacial score (nSPS) is 23.8. The Kier molecular flexibility index (Phi) is 5.51. The molecule has 0 aromatic carbocycles. The number of nitrogens with zero attached hydrogens (tertiary/aromatic N) is 1. The van der Waals surface area contributed by atoms with E-state index in [4.69, 9.17) is 4.74 Å². The number of hydrogen-bond acceptors (Lipinski definition) is 5. The fourth-order valence-corrected chi connectivity index (χ4v) is 2.75. The Morgan fingerprint density at radius 3 is 2.50 bits per heavy atom. The van der Waals surface area contributed by atoms with Gasteiger partial charge >= 0.3 is 5.97 Å². The molecule has 0 atom stereocenters. The zero-order chi connectivity index (χ0) is 13.8. The minimum absolute atomic E-state index is 0.0409. The fraction of sp³-hybridized carbons (Fsp3) is 0.900. The van der Waals surface area contributed by atoms with Crippen molar-refractivity contribution in [3.8, 4) is 0 Å². The van der Waals surface area contributed by atoms with E-state index in [-0.39, 0.29) is 25.1 Å². The van der Waals surface area contributed by atoms with Gasteiger partial charge in [0.1, 0.15) is 0 Å². The SMILES string of the molecule is COC(=O)CCN(C)S(=O)(=O)NC1CC(OC)C1. The highest BCUT2D eigenvalue weighted by atomic mass is 32.2. The van der Waals surface area contributed by atoms with Crippen LogP contribution in [0.3, 0.4) is 0 Å². The molecule has 1 fully saturated rings. The van der Waals surface area contributed by atoms with Gasteiger partial charge in [-0.3, -0.25) is 4.79 Å². The third kappa shape index (κ3) is 4.20. The first-order chi connectivity index (χ1) is 8.39. The van der Waals surface area contributed by atoms with Gasteiger partial charge in [0.15, 0.2) is 0 Å². The van der Waals surface area contributed by atoms with E-state index in [2.05, 4.69) is 9.46 Å². The van der Waals surface area contributed by atoms with E-state index in [9.17, 15) is 13.2 Å². The van der Waals surface area contributed by atoms with Crippen LogP contribution >= 0.6 is 0 Å². The van der Waals surface area contributed by atoms with Crippen LogP contribution in [0, 0.1) is 0 Å². The van der Waals surface area contributed by atoms with Gasteiger partial charge in [0.25, 0.3) is 10.2 Å². The third-order valence-electron chi connectivity index (χ3n) is 3.01. The average Bonchev–Trinajstić information content (AvgIpc) is 2.29. The molecule has 1 saturated carbocycles. The summed E-state index contributed by atoms with van der Waals surface area (Å²) in [7, 11) is 0.774. The number of methoxy groups -OCH3 is 2. The number of carbonyl (C=O) groups is 1. The lowest BCUT2D eigenvalue weighted by atomic mass is 9.90. The summed E-state index contributed by atoms with van der Waals surface area (Å²) in [5, 5.41) is 0. The molecule has 0 aromatic rings. The van der Waals surface area contributed by atoms with Crippen LogP contribution in [0.5, 0.6) is 0 Å². The van der Waals surface area contributed by atoms with Gasteiger partial charge in [0.2, 0.25) is 0 Å². The quantitative estimate of drug-likeness (QED) is 0.635. The van der Waals surface area contributed by atoms with Crippen LogP contribution in [0.2, 0.25) is 0 Å². The van der Waals surface area contributed by atoms with Crippen LogP contribution in [-0.4, -0.2) is 58.7 Å². The molecule has 1 N–H and O–H groups in total. The Balaban J connectivity index is 2.36. The topological polar surface area (TPSA) is 84.9 Å². The van der Waals surface area contributed by atoms with Gasteiger partial charge < -0.3 is 9.47 Å². The summed E-state index contributed by atoms with van der Waals surface area (Å²) in [6.45, 7) is 0.0996. The van der Waals surface area contributed by atoms with E-state index < -0.39 is 16.2 Å². The summed E-state index contributed by atoms with van der Waals surface area (Å²) in [5.41, 5.74) is 0. The molecule has 0 unspecified atom stereocenters. The predicted octanol–water partition coefficient (Wildman–Crippen LogP) is -0.507. The molecule has 0 aliphatic heterocycles. The maximum Gasteiger partial charge on any atom is 0.306 e. The van der Waals surface area contributed by atoms with E-state index in [1.807, 2.05) is 0 Å². The van der Waals surface area contributed by atoms with E-state index in [1.165, 1.54) is 14.2 Å². The molecule has 7 nitrogen and oxygen atoms in total. The molecule has 0 aromatic heterocycles.